The molecule has 1 aliphatic carbocycles. The molecule has 0 spiro atoms. The van der Waals surface area contributed by atoms with Crippen molar-refractivity contribution in [2.75, 3.05) is 32.7 Å². The Hall–Kier alpha value is -0.420. The summed E-state index contributed by atoms with van der Waals surface area (Å²) in [6, 6.07) is 5.12. The molecule has 0 aromatic carbocycles. The van der Waals surface area contributed by atoms with E-state index in [1.807, 2.05) is 11.3 Å². The average Bonchev–Trinajstić information content (AvgIpc) is 2.91. The minimum absolute atomic E-state index is 0.642. The van der Waals surface area contributed by atoms with Crippen molar-refractivity contribution in [2.24, 2.45) is 11.7 Å². The van der Waals surface area contributed by atoms with Crippen LogP contribution in [0.1, 0.15) is 36.5 Å². The van der Waals surface area contributed by atoms with Crippen molar-refractivity contribution in [3.05, 3.63) is 22.4 Å². The molecule has 3 nitrogen and oxygen atoms in total. The van der Waals surface area contributed by atoms with Gasteiger partial charge in [-0.05, 0) is 43.2 Å². The van der Waals surface area contributed by atoms with Crippen LogP contribution in [0.5, 0.6) is 0 Å². The summed E-state index contributed by atoms with van der Waals surface area (Å²) in [5, 5.41) is 6.03. The van der Waals surface area contributed by atoms with Crippen molar-refractivity contribution in [3.8, 4) is 0 Å². The summed E-state index contributed by atoms with van der Waals surface area (Å²) < 4.78 is 0. The fourth-order valence-corrected chi connectivity index (χ4v) is 4.30. The van der Waals surface area contributed by atoms with E-state index in [1.165, 1.54) is 45.3 Å². The fourth-order valence-electron chi connectivity index (χ4n) is 3.46. The van der Waals surface area contributed by atoms with Gasteiger partial charge >= 0.3 is 0 Å². The quantitative estimate of drug-likeness (QED) is 0.845. The first-order valence-electron chi connectivity index (χ1n) is 8.04. The molecule has 0 bridgehead atoms. The highest BCUT2D eigenvalue weighted by molar-refractivity contribution is 7.10. The van der Waals surface area contributed by atoms with Gasteiger partial charge in [0.25, 0.3) is 0 Å². The molecule has 2 heterocycles. The Morgan fingerprint density at radius 2 is 2.25 bits per heavy atom. The molecule has 1 saturated carbocycles. The van der Waals surface area contributed by atoms with Gasteiger partial charge in [0.1, 0.15) is 0 Å². The van der Waals surface area contributed by atoms with E-state index >= 15 is 0 Å². The summed E-state index contributed by atoms with van der Waals surface area (Å²) in [7, 11) is 0. The highest BCUT2D eigenvalue weighted by Gasteiger charge is 2.29. The predicted octanol–water partition coefficient (Wildman–Crippen LogP) is 2.25. The molecule has 2 atom stereocenters. The molecule has 3 N–H and O–H groups in total. The van der Waals surface area contributed by atoms with E-state index < -0.39 is 0 Å². The molecular formula is C16H27N3S. The Kier molecular flexibility index (Phi) is 5.10. The van der Waals surface area contributed by atoms with Crippen molar-refractivity contribution in [2.45, 2.75) is 37.6 Å². The number of rotatable bonds is 6. The summed E-state index contributed by atoms with van der Waals surface area (Å²) in [5.41, 5.74) is 5.76. The van der Waals surface area contributed by atoms with E-state index in [-0.39, 0.29) is 0 Å². The Labute approximate surface area is 126 Å². The number of nitrogens with one attached hydrogen (secondary N) is 1. The van der Waals surface area contributed by atoms with Crippen molar-refractivity contribution >= 4 is 11.3 Å². The first-order chi connectivity index (χ1) is 9.85. The van der Waals surface area contributed by atoms with Crippen LogP contribution in [0.3, 0.4) is 0 Å². The molecule has 0 radical (unpaired) electrons. The van der Waals surface area contributed by atoms with Gasteiger partial charge in [-0.2, -0.15) is 0 Å². The first-order valence-corrected chi connectivity index (χ1v) is 8.92. The zero-order valence-corrected chi connectivity index (χ0v) is 13.1. The number of hydrogen-bond acceptors (Lipinski definition) is 4. The second-order valence-corrected chi connectivity index (χ2v) is 7.38. The topological polar surface area (TPSA) is 41.3 Å². The zero-order valence-electron chi connectivity index (χ0n) is 12.3. The van der Waals surface area contributed by atoms with E-state index in [4.69, 9.17) is 5.73 Å². The van der Waals surface area contributed by atoms with Gasteiger partial charge in [0.05, 0.1) is 0 Å². The van der Waals surface area contributed by atoms with Gasteiger partial charge in [-0.1, -0.05) is 12.5 Å². The molecule has 1 aromatic heterocycles. The minimum atomic E-state index is 0.642. The summed E-state index contributed by atoms with van der Waals surface area (Å²) in [6.45, 7) is 5.37. The maximum absolute atomic E-state index is 5.76. The Bertz CT molecular complexity index is 388. The normalized spacial score (nSPS) is 28.4. The molecular weight excluding hydrogens is 266 g/mol. The van der Waals surface area contributed by atoms with Crippen LogP contribution in [0, 0.1) is 5.92 Å². The third-order valence-electron chi connectivity index (χ3n) is 4.84. The van der Waals surface area contributed by atoms with Gasteiger partial charge in [-0.15, -0.1) is 11.3 Å². The van der Waals surface area contributed by atoms with Gasteiger partial charge in [-0.3, -0.25) is 4.90 Å². The SMILES string of the molecule is NCCN1CC(NCC2CCC2)CC(c2cccs2)C1. The number of likely N-dealkylation sites (tertiary alicyclic amines) is 1. The summed E-state index contributed by atoms with van der Waals surface area (Å²) >= 11 is 1.91. The fraction of sp³-hybridized carbons (Fsp3) is 0.750. The maximum atomic E-state index is 5.76. The van der Waals surface area contributed by atoms with Crippen LogP contribution in [0.2, 0.25) is 0 Å². The molecule has 0 amide bonds. The van der Waals surface area contributed by atoms with E-state index in [2.05, 4.69) is 27.7 Å². The number of thiophene rings is 1. The number of nitrogens with two attached hydrogens (primary N) is 1. The highest BCUT2D eigenvalue weighted by atomic mass is 32.1. The number of nitrogens with zero attached hydrogens (tertiary/aromatic N) is 1. The lowest BCUT2D eigenvalue weighted by atomic mass is 9.85. The predicted molar refractivity (Wildman–Crippen MR) is 86.3 cm³/mol. The molecule has 20 heavy (non-hydrogen) atoms. The number of piperidine rings is 1. The standard InChI is InChI=1S/C16H27N3S/c17-6-7-19-11-14(16-5-2-8-20-16)9-15(12-19)18-10-13-3-1-4-13/h2,5,8,13-15,18H,1,3-4,6-7,9-12,17H2. The van der Waals surface area contributed by atoms with Crippen molar-refractivity contribution in [1.29, 1.82) is 0 Å². The molecule has 112 valence electrons. The lowest BCUT2D eigenvalue weighted by Gasteiger charge is -2.39. The van der Waals surface area contributed by atoms with E-state index in [0.29, 0.717) is 12.0 Å². The molecule has 4 heteroatoms. The minimum Gasteiger partial charge on any atom is -0.329 e. The third-order valence-corrected chi connectivity index (χ3v) is 5.87. The van der Waals surface area contributed by atoms with Crippen LogP contribution in [0.25, 0.3) is 0 Å². The Balaban J connectivity index is 1.57. The molecule has 1 saturated heterocycles. The van der Waals surface area contributed by atoms with E-state index in [0.717, 1.165) is 19.0 Å². The third kappa shape index (κ3) is 3.61. The molecule has 3 rings (SSSR count). The Morgan fingerprint density at radius 3 is 2.90 bits per heavy atom. The highest BCUT2D eigenvalue weighted by Crippen LogP contribution is 2.31. The molecule has 2 unspecified atom stereocenters. The summed E-state index contributed by atoms with van der Waals surface area (Å²) in [6.07, 6.45) is 5.59. The molecule has 1 aromatic rings. The van der Waals surface area contributed by atoms with Gasteiger partial charge in [0.15, 0.2) is 0 Å². The van der Waals surface area contributed by atoms with Crippen LogP contribution in [0.4, 0.5) is 0 Å². The van der Waals surface area contributed by atoms with Gasteiger partial charge in [0, 0.05) is 43.0 Å². The van der Waals surface area contributed by atoms with Crippen LogP contribution >= 0.6 is 11.3 Å². The van der Waals surface area contributed by atoms with Gasteiger partial charge in [0.2, 0.25) is 0 Å². The average molecular weight is 293 g/mol. The Morgan fingerprint density at radius 1 is 1.35 bits per heavy atom. The van der Waals surface area contributed by atoms with Crippen molar-refractivity contribution in [1.82, 2.24) is 10.2 Å². The second-order valence-electron chi connectivity index (χ2n) is 6.40. The van der Waals surface area contributed by atoms with Crippen LogP contribution < -0.4 is 11.1 Å². The van der Waals surface area contributed by atoms with Gasteiger partial charge in [-0.25, -0.2) is 0 Å². The van der Waals surface area contributed by atoms with Crippen LogP contribution in [0.15, 0.2) is 17.5 Å². The summed E-state index contributed by atoms with van der Waals surface area (Å²) in [4.78, 5) is 4.09. The summed E-state index contributed by atoms with van der Waals surface area (Å²) in [5.74, 6) is 1.63. The van der Waals surface area contributed by atoms with E-state index in [1.54, 1.807) is 4.88 Å². The monoisotopic (exact) mass is 293 g/mol. The van der Waals surface area contributed by atoms with Gasteiger partial charge < -0.3 is 11.1 Å². The van der Waals surface area contributed by atoms with Crippen LogP contribution in [-0.2, 0) is 0 Å². The largest absolute Gasteiger partial charge is 0.329 e. The lowest BCUT2D eigenvalue weighted by Crippen LogP contribution is -2.50. The maximum Gasteiger partial charge on any atom is 0.0201 e. The number of hydrogen-bond donors (Lipinski definition) is 2. The van der Waals surface area contributed by atoms with Crippen LogP contribution in [-0.4, -0.2) is 43.7 Å². The first kappa shape index (κ1) is 14.5. The smallest absolute Gasteiger partial charge is 0.0201 e. The molecule has 2 fully saturated rings. The molecule has 1 aliphatic heterocycles. The molecule has 2 aliphatic rings. The zero-order chi connectivity index (χ0) is 13.8. The second kappa shape index (κ2) is 7.03. The van der Waals surface area contributed by atoms with E-state index in [9.17, 15) is 0 Å². The lowest BCUT2D eigenvalue weighted by molar-refractivity contribution is 0.167. The van der Waals surface area contributed by atoms with Crippen molar-refractivity contribution in [3.63, 3.8) is 0 Å². The van der Waals surface area contributed by atoms with Crippen molar-refractivity contribution < 1.29 is 0 Å².